The van der Waals surface area contributed by atoms with Crippen molar-refractivity contribution in [2.45, 2.75) is 45.1 Å². The van der Waals surface area contributed by atoms with E-state index in [1.54, 1.807) is 11.3 Å². The first-order valence-corrected chi connectivity index (χ1v) is 7.94. The summed E-state index contributed by atoms with van der Waals surface area (Å²) < 4.78 is 1.25. The molecule has 1 saturated carbocycles. The van der Waals surface area contributed by atoms with Gasteiger partial charge in [0.2, 0.25) is 0 Å². The fourth-order valence-electron chi connectivity index (χ4n) is 2.22. The van der Waals surface area contributed by atoms with E-state index < -0.39 is 0 Å². The van der Waals surface area contributed by atoms with E-state index in [9.17, 15) is 0 Å². The van der Waals surface area contributed by atoms with Gasteiger partial charge in [0, 0.05) is 6.04 Å². The second-order valence-electron chi connectivity index (χ2n) is 4.72. The number of hydrogen-bond acceptors (Lipinski definition) is 2. The zero-order valence-corrected chi connectivity index (χ0v) is 12.2. The van der Waals surface area contributed by atoms with Crippen LogP contribution in [0.3, 0.4) is 0 Å². The van der Waals surface area contributed by atoms with Gasteiger partial charge < -0.3 is 5.32 Å². The molecule has 1 heterocycles. The number of halogens is 1. The average molecular weight is 302 g/mol. The third kappa shape index (κ3) is 3.31. The zero-order chi connectivity index (χ0) is 11.4. The Morgan fingerprint density at radius 3 is 2.88 bits per heavy atom. The van der Waals surface area contributed by atoms with Gasteiger partial charge in [-0.15, -0.1) is 11.3 Å². The summed E-state index contributed by atoms with van der Waals surface area (Å²) in [5.41, 5.74) is 1.47. The lowest BCUT2D eigenvalue weighted by atomic mass is 9.80. The van der Waals surface area contributed by atoms with Gasteiger partial charge in [-0.05, 0) is 58.2 Å². The lowest BCUT2D eigenvalue weighted by Gasteiger charge is -2.30. The first-order valence-electron chi connectivity index (χ1n) is 6.27. The molecule has 1 aliphatic rings. The lowest BCUT2D eigenvalue weighted by molar-refractivity contribution is 0.261. The maximum absolute atomic E-state index is 3.68. The van der Waals surface area contributed by atoms with Gasteiger partial charge in [0.25, 0.3) is 0 Å². The molecule has 1 aromatic rings. The van der Waals surface area contributed by atoms with Gasteiger partial charge in [-0.1, -0.05) is 26.2 Å². The quantitative estimate of drug-likeness (QED) is 0.800. The maximum Gasteiger partial charge on any atom is 0.0701 e. The highest BCUT2D eigenvalue weighted by atomic mass is 79.9. The zero-order valence-electron chi connectivity index (χ0n) is 9.84. The summed E-state index contributed by atoms with van der Waals surface area (Å²) >= 11 is 5.35. The molecule has 2 rings (SSSR count). The number of thiophene rings is 1. The summed E-state index contributed by atoms with van der Waals surface area (Å²) in [7, 11) is 0. The Morgan fingerprint density at radius 1 is 1.56 bits per heavy atom. The second-order valence-corrected chi connectivity index (χ2v) is 7.01. The standard InChI is InChI=1S/C13H20BrNS/c1-2-6-15-12(7-10-4-3-5-10)11-8-13(14)16-9-11/h8-10,12,15H,2-7H2,1H3. The predicted molar refractivity (Wildman–Crippen MR) is 75.0 cm³/mol. The van der Waals surface area contributed by atoms with E-state index in [2.05, 4.69) is 39.6 Å². The summed E-state index contributed by atoms with van der Waals surface area (Å²) in [5, 5.41) is 5.97. The summed E-state index contributed by atoms with van der Waals surface area (Å²) in [6.45, 7) is 3.36. The van der Waals surface area contributed by atoms with Gasteiger partial charge in [-0.3, -0.25) is 0 Å². The summed E-state index contributed by atoms with van der Waals surface area (Å²) in [6.07, 6.45) is 6.86. The molecule has 0 amide bonds. The number of rotatable bonds is 6. The topological polar surface area (TPSA) is 12.0 Å². The second kappa shape index (κ2) is 6.18. The molecule has 1 aromatic heterocycles. The summed E-state index contributed by atoms with van der Waals surface area (Å²) in [4.78, 5) is 0. The van der Waals surface area contributed by atoms with Crippen molar-refractivity contribution in [2.24, 2.45) is 5.92 Å². The maximum atomic E-state index is 3.68. The molecular weight excluding hydrogens is 282 g/mol. The van der Waals surface area contributed by atoms with Crippen LogP contribution in [0.2, 0.25) is 0 Å². The molecule has 0 spiro atoms. The van der Waals surface area contributed by atoms with E-state index in [1.807, 2.05) is 0 Å². The van der Waals surface area contributed by atoms with Crippen molar-refractivity contribution in [2.75, 3.05) is 6.54 Å². The molecule has 1 N–H and O–H groups in total. The van der Waals surface area contributed by atoms with E-state index in [-0.39, 0.29) is 0 Å². The smallest absolute Gasteiger partial charge is 0.0701 e. The van der Waals surface area contributed by atoms with Crippen LogP contribution in [-0.2, 0) is 0 Å². The third-order valence-corrected chi connectivity index (χ3v) is 4.95. The number of hydrogen-bond donors (Lipinski definition) is 1. The van der Waals surface area contributed by atoms with E-state index in [4.69, 9.17) is 0 Å². The van der Waals surface area contributed by atoms with E-state index >= 15 is 0 Å². The number of nitrogens with one attached hydrogen (secondary N) is 1. The highest BCUT2D eigenvalue weighted by Gasteiger charge is 2.23. The third-order valence-electron chi connectivity index (χ3n) is 3.42. The fourth-order valence-corrected chi connectivity index (χ4v) is 3.45. The molecule has 0 aromatic carbocycles. The van der Waals surface area contributed by atoms with E-state index in [1.165, 1.54) is 41.5 Å². The molecule has 0 aliphatic heterocycles. The van der Waals surface area contributed by atoms with Crippen LogP contribution >= 0.6 is 27.3 Å². The van der Waals surface area contributed by atoms with Gasteiger partial charge in [0.15, 0.2) is 0 Å². The largest absolute Gasteiger partial charge is 0.310 e. The molecule has 1 aliphatic carbocycles. The molecule has 0 radical (unpaired) electrons. The van der Waals surface area contributed by atoms with Crippen molar-refractivity contribution >= 4 is 27.3 Å². The van der Waals surface area contributed by atoms with Gasteiger partial charge in [-0.25, -0.2) is 0 Å². The molecule has 1 atom stereocenters. The molecule has 1 fully saturated rings. The van der Waals surface area contributed by atoms with Crippen molar-refractivity contribution in [3.05, 3.63) is 20.8 Å². The van der Waals surface area contributed by atoms with Crippen LogP contribution in [-0.4, -0.2) is 6.54 Å². The highest BCUT2D eigenvalue weighted by molar-refractivity contribution is 9.11. The summed E-state index contributed by atoms with van der Waals surface area (Å²) in [6, 6.07) is 2.85. The molecule has 0 bridgehead atoms. The predicted octanol–water partition coefficient (Wildman–Crippen LogP) is 4.74. The van der Waals surface area contributed by atoms with Crippen molar-refractivity contribution in [1.82, 2.24) is 5.32 Å². The van der Waals surface area contributed by atoms with Crippen LogP contribution in [0.4, 0.5) is 0 Å². The van der Waals surface area contributed by atoms with Crippen LogP contribution in [0.1, 0.15) is 50.6 Å². The normalized spacial score (nSPS) is 18.4. The first-order chi connectivity index (χ1) is 7.79. The Labute approximate surface area is 111 Å². The van der Waals surface area contributed by atoms with E-state index in [0.29, 0.717) is 6.04 Å². The minimum absolute atomic E-state index is 0.577. The summed E-state index contributed by atoms with van der Waals surface area (Å²) in [5.74, 6) is 0.966. The van der Waals surface area contributed by atoms with Gasteiger partial charge in [0.1, 0.15) is 0 Å². The lowest BCUT2D eigenvalue weighted by Crippen LogP contribution is -2.26. The van der Waals surface area contributed by atoms with Crippen LogP contribution in [0.5, 0.6) is 0 Å². The van der Waals surface area contributed by atoms with Crippen molar-refractivity contribution in [3.8, 4) is 0 Å². The fraction of sp³-hybridized carbons (Fsp3) is 0.692. The van der Waals surface area contributed by atoms with E-state index in [0.717, 1.165) is 12.5 Å². The molecule has 90 valence electrons. The van der Waals surface area contributed by atoms with Gasteiger partial charge in [0.05, 0.1) is 3.79 Å². The van der Waals surface area contributed by atoms with Crippen molar-refractivity contribution in [1.29, 1.82) is 0 Å². The van der Waals surface area contributed by atoms with Crippen LogP contribution in [0.25, 0.3) is 0 Å². The molecule has 1 unspecified atom stereocenters. The minimum Gasteiger partial charge on any atom is -0.310 e. The Morgan fingerprint density at radius 2 is 2.38 bits per heavy atom. The Balaban J connectivity index is 1.95. The SMILES string of the molecule is CCCNC(CC1CCC1)c1csc(Br)c1. The highest BCUT2D eigenvalue weighted by Crippen LogP contribution is 2.36. The Kier molecular flexibility index (Phi) is 4.86. The Hall–Kier alpha value is 0.140. The Bertz CT molecular complexity index is 319. The minimum atomic E-state index is 0.577. The molecule has 3 heteroatoms. The molecule has 0 saturated heterocycles. The van der Waals surface area contributed by atoms with Crippen molar-refractivity contribution in [3.63, 3.8) is 0 Å². The van der Waals surface area contributed by atoms with Crippen LogP contribution in [0.15, 0.2) is 15.2 Å². The van der Waals surface area contributed by atoms with Gasteiger partial charge >= 0.3 is 0 Å². The first kappa shape index (κ1) is 12.6. The van der Waals surface area contributed by atoms with Crippen LogP contribution in [0, 0.1) is 5.92 Å². The van der Waals surface area contributed by atoms with Crippen molar-refractivity contribution < 1.29 is 0 Å². The van der Waals surface area contributed by atoms with Gasteiger partial charge in [-0.2, -0.15) is 0 Å². The molecular formula is C13H20BrNS. The average Bonchev–Trinajstić information content (AvgIpc) is 2.62. The molecule has 1 nitrogen and oxygen atoms in total. The van der Waals surface area contributed by atoms with Crippen LogP contribution < -0.4 is 5.32 Å². The monoisotopic (exact) mass is 301 g/mol. The molecule has 16 heavy (non-hydrogen) atoms.